The minimum absolute atomic E-state index is 0.0432. The smallest absolute Gasteiger partial charge is 0.210 e. The summed E-state index contributed by atoms with van der Waals surface area (Å²) in [5.74, 6) is 0. The van der Waals surface area contributed by atoms with Gasteiger partial charge in [-0.05, 0) is 28.1 Å². The predicted molar refractivity (Wildman–Crippen MR) is 49.4 cm³/mol. The van der Waals surface area contributed by atoms with Gasteiger partial charge in [0, 0.05) is 4.47 Å². The highest BCUT2D eigenvalue weighted by atomic mass is 79.9. The second-order valence-electron chi connectivity index (χ2n) is 2.09. The highest BCUT2D eigenvalue weighted by Crippen LogP contribution is 2.22. The van der Waals surface area contributed by atoms with Crippen molar-refractivity contribution in [3.8, 4) is 0 Å². The molecule has 0 bridgehead atoms. The predicted octanol–water partition coefficient (Wildman–Crippen LogP) is 1.47. The minimum atomic E-state index is -3.89. The van der Waals surface area contributed by atoms with E-state index in [0.717, 1.165) is 6.08 Å². The maximum Gasteiger partial charge on any atom is 0.293 e. The van der Waals surface area contributed by atoms with Crippen LogP contribution in [0.4, 0.5) is 0 Å². The van der Waals surface area contributed by atoms with Crippen LogP contribution in [0.5, 0.6) is 0 Å². The number of isocyanates is 1. The molecule has 0 heterocycles. The summed E-state index contributed by atoms with van der Waals surface area (Å²) in [6, 6.07) is 6.10. The number of sulfonamides is 1. The molecule has 0 aliphatic rings. The van der Waals surface area contributed by atoms with E-state index in [2.05, 4.69) is 20.3 Å². The third kappa shape index (κ3) is 2.24. The molecule has 0 amide bonds. The summed E-state index contributed by atoms with van der Waals surface area (Å²) in [6.07, 6.45) is 1.000. The van der Waals surface area contributed by atoms with Crippen molar-refractivity contribution in [3.63, 3.8) is 0 Å². The third-order valence-corrected chi connectivity index (χ3v) is 3.45. The van der Waals surface area contributed by atoms with Crippen LogP contribution in [0.25, 0.3) is 0 Å². The second kappa shape index (κ2) is 3.83. The van der Waals surface area contributed by atoms with Gasteiger partial charge < -0.3 is 0 Å². The maximum atomic E-state index is 11.2. The van der Waals surface area contributed by atoms with Gasteiger partial charge in [0.2, 0.25) is 0 Å². The van der Waals surface area contributed by atoms with Gasteiger partial charge in [-0.15, -0.1) is 0 Å². The Hall–Kier alpha value is -0.970. The van der Waals surface area contributed by atoms with Crippen molar-refractivity contribution in [2.75, 3.05) is 0 Å². The molecule has 0 aliphatic heterocycles. The SMILES string of the molecule is O=C=NS(=O)(=O)c1ccccc1Br. The molecule has 1 aromatic rings. The number of benzene rings is 1. The van der Waals surface area contributed by atoms with E-state index in [1.165, 1.54) is 12.1 Å². The molecule has 1 aromatic carbocycles. The van der Waals surface area contributed by atoms with Crippen molar-refractivity contribution in [2.45, 2.75) is 4.90 Å². The molecular weight excluding hydrogens is 258 g/mol. The van der Waals surface area contributed by atoms with Crippen molar-refractivity contribution in [1.82, 2.24) is 0 Å². The van der Waals surface area contributed by atoms with Gasteiger partial charge in [0.05, 0.1) is 0 Å². The minimum Gasteiger partial charge on any atom is -0.210 e. The lowest BCUT2D eigenvalue weighted by Crippen LogP contribution is -1.96. The normalized spacial score (nSPS) is 10.5. The first kappa shape index (κ1) is 10.1. The maximum absolute atomic E-state index is 11.2. The molecule has 0 N–H and O–H groups in total. The lowest BCUT2D eigenvalue weighted by atomic mass is 10.4. The van der Waals surface area contributed by atoms with Crippen LogP contribution in [-0.4, -0.2) is 14.5 Å². The molecule has 6 heteroatoms. The number of hydrogen-bond acceptors (Lipinski definition) is 3. The van der Waals surface area contributed by atoms with E-state index in [1.54, 1.807) is 12.1 Å². The molecule has 13 heavy (non-hydrogen) atoms. The zero-order valence-electron chi connectivity index (χ0n) is 6.27. The zero-order chi connectivity index (χ0) is 9.90. The molecule has 0 spiro atoms. The molecule has 1 rings (SSSR count). The topological polar surface area (TPSA) is 63.6 Å². The zero-order valence-corrected chi connectivity index (χ0v) is 8.67. The first-order valence-electron chi connectivity index (χ1n) is 3.16. The lowest BCUT2D eigenvalue weighted by molar-refractivity contribution is 0.563. The van der Waals surface area contributed by atoms with Gasteiger partial charge in [0.25, 0.3) is 16.1 Å². The van der Waals surface area contributed by atoms with Gasteiger partial charge in [-0.25, -0.2) is 4.79 Å². The van der Waals surface area contributed by atoms with E-state index in [9.17, 15) is 13.2 Å². The van der Waals surface area contributed by atoms with Crippen LogP contribution in [0.2, 0.25) is 0 Å². The van der Waals surface area contributed by atoms with Gasteiger partial charge >= 0.3 is 0 Å². The number of nitrogens with zero attached hydrogens (tertiary/aromatic N) is 1. The highest BCUT2D eigenvalue weighted by molar-refractivity contribution is 9.10. The third-order valence-electron chi connectivity index (χ3n) is 1.27. The monoisotopic (exact) mass is 261 g/mol. The van der Waals surface area contributed by atoms with Crippen molar-refractivity contribution in [3.05, 3.63) is 28.7 Å². The van der Waals surface area contributed by atoms with Gasteiger partial charge in [-0.2, -0.15) is 8.42 Å². The van der Waals surface area contributed by atoms with Crippen molar-refractivity contribution in [2.24, 2.45) is 4.40 Å². The molecule has 0 aromatic heterocycles. The Bertz CT molecular complexity index is 462. The molecule has 0 saturated carbocycles. The highest BCUT2D eigenvalue weighted by Gasteiger charge is 2.15. The fourth-order valence-corrected chi connectivity index (χ4v) is 2.41. The van der Waals surface area contributed by atoms with Gasteiger partial charge in [0.1, 0.15) is 4.90 Å². The molecule has 4 nitrogen and oxygen atoms in total. The Morgan fingerprint density at radius 3 is 2.46 bits per heavy atom. The Kier molecular flexibility index (Phi) is 2.98. The van der Waals surface area contributed by atoms with E-state index in [0.29, 0.717) is 4.47 Å². The summed E-state index contributed by atoms with van der Waals surface area (Å²) in [4.78, 5) is 9.78. The Labute approximate surface area is 83.5 Å². The lowest BCUT2D eigenvalue weighted by Gasteiger charge is -1.98. The molecule has 0 unspecified atom stereocenters. The number of rotatable bonds is 2. The molecular formula is C7H4BrNO3S. The Morgan fingerprint density at radius 1 is 1.31 bits per heavy atom. The number of hydrogen-bond donors (Lipinski definition) is 0. The second-order valence-corrected chi connectivity index (χ2v) is 4.51. The van der Waals surface area contributed by atoms with Gasteiger partial charge in [-0.1, -0.05) is 16.5 Å². The van der Waals surface area contributed by atoms with Gasteiger partial charge in [0.15, 0.2) is 0 Å². The van der Waals surface area contributed by atoms with Crippen LogP contribution in [0, 0.1) is 0 Å². The summed E-state index contributed by atoms with van der Waals surface area (Å²) < 4.78 is 25.5. The largest absolute Gasteiger partial charge is 0.293 e. The van der Waals surface area contributed by atoms with Crippen LogP contribution in [0.1, 0.15) is 0 Å². The van der Waals surface area contributed by atoms with E-state index in [4.69, 9.17) is 0 Å². The fourth-order valence-electron chi connectivity index (χ4n) is 0.752. The van der Waals surface area contributed by atoms with Crippen molar-refractivity contribution < 1.29 is 13.2 Å². The van der Waals surface area contributed by atoms with Crippen LogP contribution >= 0.6 is 15.9 Å². The van der Waals surface area contributed by atoms with Crippen LogP contribution < -0.4 is 0 Å². The molecule has 0 aliphatic carbocycles. The average molecular weight is 262 g/mol. The summed E-state index contributed by atoms with van der Waals surface area (Å²) in [6.45, 7) is 0. The van der Waals surface area contributed by atoms with Crippen molar-refractivity contribution in [1.29, 1.82) is 0 Å². The van der Waals surface area contributed by atoms with Crippen LogP contribution in [0.15, 0.2) is 38.0 Å². The van der Waals surface area contributed by atoms with E-state index < -0.39 is 10.0 Å². The van der Waals surface area contributed by atoms with E-state index in [1.807, 2.05) is 0 Å². The molecule has 68 valence electrons. The summed E-state index contributed by atoms with van der Waals surface area (Å²) in [5.41, 5.74) is 0. The standard InChI is InChI=1S/C7H4BrNO3S/c8-6-3-1-2-4-7(6)13(11,12)9-5-10/h1-4H. The fraction of sp³-hybridized carbons (Fsp3) is 0. The molecule has 0 saturated heterocycles. The first-order chi connectivity index (χ1) is 6.08. The number of carbonyl (C=O) groups excluding carboxylic acids is 1. The Morgan fingerprint density at radius 2 is 1.92 bits per heavy atom. The first-order valence-corrected chi connectivity index (χ1v) is 5.40. The summed E-state index contributed by atoms with van der Waals surface area (Å²) in [7, 11) is -3.89. The summed E-state index contributed by atoms with van der Waals surface area (Å²) in [5, 5.41) is 0. The summed E-state index contributed by atoms with van der Waals surface area (Å²) >= 11 is 3.03. The van der Waals surface area contributed by atoms with Crippen LogP contribution in [0.3, 0.4) is 0 Å². The van der Waals surface area contributed by atoms with E-state index >= 15 is 0 Å². The molecule has 0 fully saturated rings. The molecule has 0 atom stereocenters. The molecule has 0 radical (unpaired) electrons. The average Bonchev–Trinajstić information content (AvgIpc) is 2.04. The number of halogens is 1. The van der Waals surface area contributed by atoms with Crippen LogP contribution in [-0.2, 0) is 14.8 Å². The van der Waals surface area contributed by atoms with Crippen molar-refractivity contribution >= 4 is 32.0 Å². The Balaban J connectivity index is 3.39. The quantitative estimate of drug-likeness (QED) is 0.599. The van der Waals surface area contributed by atoms with Gasteiger partial charge in [-0.3, -0.25) is 0 Å². The van der Waals surface area contributed by atoms with E-state index in [-0.39, 0.29) is 4.90 Å².